The molecule has 0 spiro atoms. The highest BCUT2D eigenvalue weighted by Gasteiger charge is 2.37. The summed E-state index contributed by atoms with van der Waals surface area (Å²) >= 11 is 5.86. The number of benzene rings is 1. The van der Waals surface area contributed by atoms with Gasteiger partial charge in [0.15, 0.2) is 0 Å². The van der Waals surface area contributed by atoms with Crippen LogP contribution in [0.5, 0.6) is 0 Å². The molecule has 0 aromatic heterocycles. The molecule has 0 unspecified atom stereocenters. The van der Waals surface area contributed by atoms with Crippen LogP contribution in [0.25, 0.3) is 0 Å². The van der Waals surface area contributed by atoms with Gasteiger partial charge in [-0.3, -0.25) is 9.59 Å². The first-order valence-corrected chi connectivity index (χ1v) is 9.36. The van der Waals surface area contributed by atoms with E-state index >= 15 is 4.39 Å². The van der Waals surface area contributed by atoms with E-state index in [1.54, 1.807) is 29.2 Å². The molecule has 0 bridgehead atoms. The molecule has 1 aromatic rings. The molecular weight excluding hydrogens is 343 g/mol. The van der Waals surface area contributed by atoms with Crippen LogP contribution < -0.4 is 5.32 Å². The van der Waals surface area contributed by atoms with Gasteiger partial charge in [-0.1, -0.05) is 36.6 Å². The van der Waals surface area contributed by atoms with Gasteiger partial charge in [-0.15, -0.1) is 0 Å². The van der Waals surface area contributed by atoms with Crippen molar-refractivity contribution in [2.75, 3.05) is 19.6 Å². The van der Waals surface area contributed by atoms with Crippen LogP contribution in [0.4, 0.5) is 4.39 Å². The highest BCUT2D eigenvalue weighted by molar-refractivity contribution is 6.30. The first-order valence-electron chi connectivity index (χ1n) is 8.98. The van der Waals surface area contributed by atoms with Gasteiger partial charge >= 0.3 is 0 Å². The second kappa shape index (κ2) is 7.73. The van der Waals surface area contributed by atoms with Crippen LogP contribution in [-0.2, 0) is 15.3 Å². The normalized spacial score (nSPS) is 20.5. The minimum Gasteiger partial charge on any atom is -0.347 e. The average molecular weight is 367 g/mol. The molecule has 6 heteroatoms. The third-order valence-electron chi connectivity index (χ3n) is 5.41. The fourth-order valence-corrected chi connectivity index (χ4v) is 3.88. The number of piperidine rings is 1. The Kier molecular flexibility index (Phi) is 5.62. The zero-order chi connectivity index (χ0) is 17.9. The minimum atomic E-state index is -1.42. The van der Waals surface area contributed by atoms with Crippen LogP contribution in [-0.4, -0.2) is 36.3 Å². The van der Waals surface area contributed by atoms with Gasteiger partial charge in [0.1, 0.15) is 5.67 Å². The Bertz CT molecular complexity index is 621. The van der Waals surface area contributed by atoms with Crippen molar-refractivity contribution >= 4 is 23.4 Å². The largest absolute Gasteiger partial charge is 0.347 e. The monoisotopic (exact) mass is 366 g/mol. The van der Waals surface area contributed by atoms with Crippen LogP contribution >= 0.6 is 11.6 Å². The molecule has 1 aromatic carbocycles. The molecule has 3 rings (SSSR count). The van der Waals surface area contributed by atoms with Crippen molar-refractivity contribution in [1.29, 1.82) is 0 Å². The van der Waals surface area contributed by atoms with E-state index in [0.29, 0.717) is 23.7 Å². The van der Waals surface area contributed by atoms with Crippen molar-refractivity contribution in [2.45, 2.75) is 44.2 Å². The molecule has 136 valence electrons. The number of hydrogen-bond donors (Lipinski definition) is 1. The number of amides is 2. The molecule has 1 N–H and O–H groups in total. The third kappa shape index (κ3) is 4.32. The lowest BCUT2D eigenvalue weighted by Crippen LogP contribution is -2.47. The lowest BCUT2D eigenvalue weighted by atomic mass is 9.86. The van der Waals surface area contributed by atoms with E-state index in [0.717, 1.165) is 25.7 Å². The second-order valence-electron chi connectivity index (χ2n) is 7.05. The Morgan fingerprint density at radius 1 is 1.16 bits per heavy atom. The maximum Gasteiger partial charge on any atom is 0.241 e. The van der Waals surface area contributed by atoms with Gasteiger partial charge in [-0.25, -0.2) is 4.39 Å². The van der Waals surface area contributed by atoms with Crippen molar-refractivity contribution in [2.24, 2.45) is 5.92 Å². The Hall–Kier alpha value is -1.62. The Morgan fingerprint density at radius 2 is 1.76 bits per heavy atom. The SMILES string of the molecule is O=C(NCC(=O)N1CCC(F)(c2ccc(Cl)cc2)CC1)C1CCCC1. The topological polar surface area (TPSA) is 49.4 Å². The van der Waals surface area contributed by atoms with E-state index in [2.05, 4.69) is 5.32 Å². The lowest BCUT2D eigenvalue weighted by molar-refractivity contribution is -0.136. The summed E-state index contributed by atoms with van der Waals surface area (Å²) in [6.45, 7) is 0.726. The van der Waals surface area contributed by atoms with Crippen molar-refractivity contribution < 1.29 is 14.0 Å². The Labute approximate surface area is 152 Å². The number of nitrogens with one attached hydrogen (secondary N) is 1. The van der Waals surface area contributed by atoms with E-state index in [4.69, 9.17) is 11.6 Å². The lowest BCUT2D eigenvalue weighted by Gasteiger charge is -2.36. The summed E-state index contributed by atoms with van der Waals surface area (Å²) in [4.78, 5) is 25.9. The molecule has 1 heterocycles. The first kappa shape index (κ1) is 18.2. The summed E-state index contributed by atoms with van der Waals surface area (Å²) in [5.41, 5.74) is -0.812. The number of alkyl halides is 1. The molecule has 2 fully saturated rings. The predicted octanol–water partition coefficient (Wildman–Crippen LogP) is 3.43. The molecule has 1 aliphatic heterocycles. The smallest absolute Gasteiger partial charge is 0.241 e. The average Bonchev–Trinajstić information content (AvgIpc) is 3.15. The molecule has 0 atom stereocenters. The number of carbonyl (C=O) groups is 2. The molecule has 2 amide bonds. The maximum absolute atomic E-state index is 15.1. The van der Waals surface area contributed by atoms with Gasteiger partial charge in [-0.05, 0) is 30.5 Å². The van der Waals surface area contributed by atoms with Crippen LogP contribution in [0.2, 0.25) is 5.02 Å². The summed E-state index contributed by atoms with van der Waals surface area (Å²) in [6, 6.07) is 6.80. The molecule has 2 aliphatic rings. The van der Waals surface area contributed by atoms with Gasteiger partial charge in [0.05, 0.1) is 6.54 Å². The molecule has 4 nitrogen and oxygen atoms in total. The molecule has 1 saturated heterocycles. The standard InChI is InChI=1S/C19H24ClFN2O2/c20-16-7-5-15(6-8-16)19(21)9-11-23(12-10-19)17(24)13-22-18(25)14-3-1-2-4-14/h5-8,14H,1-4,9-13H2,(H,22,25). The number of carbonyl (C=O) groups excluding carboxylic acids is 2. The quantitative estimate of drug-likeness (QED) is 0.887. The van der Waals surface area contributed by atoms with Crippen molar-refractivity contribution in [3.8, 4) is 0 Å². The molecule has 1 aliphatic carbocycles. The fourth-order valence-electron chi connectivity index (χ4n) is 3.75. The number of rotatable bonds is 4. The van der Waals surface area contributed by atoms with E-state index in [1.807, 2.05) is 0 Å². The minimum absolute atomic E-state index is 0.00949. The van der Waals surface area contributed by atoms with Crippen LogP contribution in [0.15, 0.2) is 24.3 Å². The zero-order valence-corrected chi connectivity index (χ0v) is 15.0. The first-order chi connectivity index (χ1) is 12.0. The number of likely N-dealkylation sites (tertiary alicyclic amines) is 1. The fraction of sp³-hybridized carbons (Fsp3) is 0.579. The summed E-state index contributed by atoms with van der Waals surface area (Å²) in [7, 11) is 0. The second-order valence-corrected chi connectivity index (χ2v) is 7.49. The van der Waals surface area contributed by atoms with Crippen molar-refractivity contribution in [3.05, 3.63) is 34.9 Å². The van der Waals surface area contributed by atoms with Gasteiger partial charge < -0.3 is 10.2 Å². The summed E-state index contributed by atoms with van der Waals surface area (Å²) in [5, 5.41) is 3.32. The molecule has 1 saturated carbocycles. The van der Waals surface area contributed by atoms with Gasteiger partial charge in [0, 0.05) is 36.9 Å². The van der Waals surface area contributed by atoms with E-state index < -0.39 is 5.67 Å². The van der Waals surface area contributed by atoms with Crippen LogP contribution in [0.3, 0.4) is 0 Å². The Balaban J connectivity index is 1.48. The molecule has 0 radical (unpaired) electrons. The van der Waals surface area contributed by atoms with E-state index in [9.17, 15) is 9.59 Å². The summed E-state index contributed by atoms with van der Waals surface area (Å²) < 4.78 is 15.1. The third-order valence-corrected chi connectivity index (χ3v) is 5.66. The highest BCUT2D eigenvalue weighted by atomic mass is 35.5. The van der Waals surface area contributed by atoms with Crippen molar-refractivity contribution in [3.63, 3.8) is 0 Å². The van der Waals surface area contributed by atoms with Crippen molar-refractivity contribution in [1.82, 2.24) is 10.2 Å². The summed E-state index contributed by atoms with van der Waals surface area (Å²) in [6.07, 6.45) is 4.52. The molecular formula is C19H24ClFN2O2. The number of nitrogens with zero attached hydrogens (tertiary/aromatic N) is 1. The van der Waals surface area contributed by atoms with Crippen LogP contribution in [0.1, 0.15) is 44.1 Å². The van der Waals surface area contributed by atoms with Gasteiger partial charge in [-0.2, -0.15) is 0 Å². The number of hydrogen-bond acceptors (Lipinski definition) is 2. The zero-order valence-electron chi connectivity index (χ0n) is 14.3. The van der Waals surface area contributed by atoms with Crippen LogP contribution in [0, 0.1) is 5.92 Å². The van der Waals surface area contributed by atoms with Gasteiger partial charge in [0.2, 0.25) is 11.8 Å². The van der Waals surface area contributed by atoms with E-state index in [1.165, 1.54) is 0 Å². The highest BCUT2D eigenvalue weighted by Crippen LogP contribution is 2.37. The predicted molar refractivity (Wildman–Crippen MR) is 95.0 cm³/mol. The number of halogens is 2. The van der Waals surface area contributed by atoms with Gasteiger partial charge in [0.25, 0.3) is 0 Å². The van der Waals surface area contributed by atoms with E-state index in [-0.39, 0.29) is 37.1 Å². The maximum atomic E-state index is 15.1. The summed E-state index contributed by atoms with van der Waals surface area (Å²) in [5.74, 6) is -0.106. The Morgan fingerprint density at radius 3 is 2.36 bits per heavy atom. The molecule has 25 heavy (non-hydrogen) atoms.